The highest BCUT2D eigenvalue weighted by Crippen LogP contribution is 2.25. The van der Waals surface area contributed by atoms with Gasteiger partial charge >= 0.3 is 0 Å². The molecule has 1 fully saturated rings. The Bertz CT molecular complexity index is 1100. The third-order valence-electron chi connectivity index (χ3n) is 5.50. The maximum atomic E-state index is 12.9. The fourth-order valence-electron chi connectivity index (χ4n) is 3.96. The third kappa shape index (κ3) is 6.15. The molecule has 0 bridgehead atoms. The molecule has 33 heavy (non-hydrogen) atoms. The Morgan fingerprint density at radius 3 is 2.61 bits per heavy atom. The van der Waals surface area contributed by atoms with Crippen LogP contribution in [0.3, 0.4) is 0 Å². The van der Waals surface area contributed by atoms with Gasteiger partial charge in [-0.1, -0.05) is 53.7 Å². The van der Waals surface area contributed by atoms with E-state index in [2.05, 4.69) is 27.6 Å². The molecule has 3 aromatic rings. The summed E-state index contributed by atoms with van der Waals surface area (Å²) in [7, 11) is 0. The molecule has 2 aromatic carbocycles. The van der Waals surface area contributed by atoms with Crippen LogP contribution in [0.15, 0.2) is 59.8 Å². The number of aromatic nitrogens is 3. The van der Waals surface area contributed by atoms with Crippen LogP contribution in [0.5, 0.6) is 0 Å². The number of piperidine rings is 1. The minimum Gasteiger partial charge on any atom is -0.352 e. The maximum absolute atomic E-state index is 12.9. The Hall–Kier alpha value is -2.84. The van der Waals surface area contributed by atoms with Crippen molar-refractivity contribution in [2.24, 2.45) is 0 Å². The van der Waals surface area contributed by atoms with Crippen LogP contribution >= 0.6 is 23.4 Å². The number of rotatable bonds is 7. The van der Waals surface area contributed by atoms with Crippen LogP contribution < -0.4 is 5.32 Å². The molecular formula is C24H26ClN5O2S. The van der Waals surface area contributed by atoms with E-state index in [0.29, 0.717) is 29.7 Å². The minimum atomic E-state index is -0.0642. The van der Waals surface area contributed by atoms with E-state index in [-0.39, 0.29) is 23.6 Å². The average Bonchev–Trinajstić information content (AvgIpc) is 3.20. The summed E-state index contributed by atoms with van der Waals surface area (Å²) in [4.78, 5) is 26.1. The van der Waals surface area contributed by atoms with Gasteiger partial charge in [-0.05, 0) is 42.7 Å². The van der Waals surface area contributed by atoms with Gasteiger partial charge in [0.1, 0.15) is 5.82 Å². The zero-order chi connectivity index (χ0) is 23.2. The van der Waals surface area contributed by atoms with Gasteiger partial charge in [0.2, 0.25) is 11.8 Å². The molecule has 7 nitrogen and oxygen atoms in total. The van der Waals surface area contributed by atoms with Gasteiger partial charge in [0.05, 0.1) is 5.75 Å². The molecule has 1 aromatic heterocycles. The quantitative estimate of drug-likeness (QED) is 0.518. The van der Waals surface area contributed by atoms with Crippen LogP contribution in [-0.2, 0) is 16.0 Å². The standard InChI is InChI=1S/C24H26ClN5O2S/c1-17(31)26-20-8-5-13-29(15-20)23(32)16-33-24-28-27-22(14-18-6-3-2-4-7-18)30(24)21-11-9-19(25)10-12-21/h2-4,6-7,9-12,20H,5,8,13-16H2,1H3,(H,26,31). The van der Waals surface area contributed by atoms with Crippen molar-refractivity contribution in [1.82, 2.24) is 25.0 Å². The molecule has 1 N–H and O–H groups in total. The smallest absolute Gasteiger partial charge is 0.233 e. The summed E-state index contributed by atoms with van der Waals surface area (Å²) in [5, 5.41) is 13.1. The van der Waals surface area contributed by atoms with Crippen molar-refractivity contribution >= 4 is 35.2 Å². The number of benzene rings is 2. The van der Waals surface area contributed by atoms with Gasteiger partial charge < -0.3 is 10.2 Å². The van der Waals surface area contributed by atoms with Crippen molar-refractivity contribution in [3.05, 3.63) is 71.0 Å². The van der Waals surface area contributed by atoms with E-state index in [1.807, 2.05) is 51.9 Å². The molecule has 4 rings (SSSR count). The summed E-state index contributed by atoms with van der Waals surface area (Å²) in [6, 6.07) is 17.6. The van der Waals surface area contributed by atoms with E-state index in [1.165, 1.54) is 18.7 Å². The summed E-state index contributed by atoms with van der Waals surface area (Å²) in [6.07, 6.45) is 2.39. The van der Waals surface area contributed by atoms with Gasteiger partial charge in [0.25, 0.3) is 0 Å². The van der Waals surface area contributed by atoms with E-state index in [9.17, 15) is 9.59 Å². The van der Waals surface area contributed by atoms with Gasteiger partial charge in [-0.3, -0.25) is 14.2 Å². The topological polar surface area (TPSA) is 80.1 Å². The summed E-state index contributed by atoms with van der Waals surface area (Å²) >= 11 is 7.46. The van der Waals surface area contributed by atoms with Gasteiger partial charge in [-0.2, -0.15) is 0 Å². The van der Waals surface area contributed by atoms with Gasteiger partial charge in [0.15, 0.2) is 5.16 Å². The van der Waals surface area contributed by atoms with Gasteiger partial charge in [0, 0.05) is 43.2 Å². The number of amides is 2. The first-order valence-corrected chi connectivity index (χ1v) is 12.3. The highest BCUT2D eigenvalue weighted by atomic mass is 35.5. The summed E-state index contributed by atoms with van der Waals surface area (Å²) in [5.74, 6) is 1.02. The third-order valence-corrected chi connectivity index (χ3v) is 6.66. The highest BCUT2D eigenvalue weighted by Gasteiger charge is 2.25. The van der Waals surface area contributed by atoms with E-state index in [0.717, 1.165) is 29.9 Å². The van der Waals surface area contributed by atoms with Crippen LogP contribution in [0.4, 0.5) is 0 Å². The van der Waals surface area contributed by atoms with Crippen molar-refractivity contribution in [3.63, 3.8) is 0 Å². The second kappa shape index (κ2) is 10.9. The zero-order valence-electron chi connectivity index (χ0n) is 18.4. The molecule has 1 atom stereocenters. The Morgan fingerprint density at radius 2 is 1.88 bits per heavy atom. The minimum absolute atomic E-state index is 0.0143. The first kappa shape index (κ1) is 23.3. The first-order chi connectivity index (χ1) is 16.0. The molecule has 0 saturated carbocycles. The summed E-state index contributed by atoms with van der Waals surface area (Å²) in [5.41, 5.74) is 2.03. The lowest BCUT2D eigenvalue weighted by atomic mass is 10.1. The number of carbonyl (C=O) groups excluding carboxylic acids is 2. The van der Waals surface area contributed by atoms with Crippen molar-refractivity contribution in [2.45, 2.75) is 37.4 Å². The predicted octanol–water partition coefficient (Wildman–Crippen LogP) is 3.73. The van der Waals surface area contributed by atoms with Gasteiger partial charge in [-0.15, -0.1) is 10.2 Å². The van der Waals surface area contributed by atoms with Crippen LogP contribution in [0, 0.1) is 0 Å². The SMILES string of the molecule is CC(=O)NC1CCCN(C(=O)CSc2nnc(Cc3ccccc3)n2-c2ccc(Cl)cc2)C1. The zero-order valence-corrected chi connectivity index (χ0v) is 20.0. The fraction of sp³-hybridized carbons (Fsp3) is 0.333. The monoisotopic (exact) mass is 483 g/mol. The maximum Gasteiger partial charge on any atom is 0.233 e. The lowest BCUT2D eigenvalue weighted by molar-refractivity contribution is -0.130. The first-order valence-electron chi connectivity index (χ1n) is 10.9. The average molecular weight is 484 g/mol. The normalized spacial score (nSPS) is 15.9. The van der Waals surface area contributed by atoms with Crippen molar-refractivity contribution in [2.75, 3.05) is 18.8 Å². The second-order valence-corrected chi connectivity index (χ2v) is 9.42. The van der Waals surface area contributed by atoms with Crippen LogP contribution in [0.25, 0.3) is 5.69 Å². The number of hydrogen-bond donors (Lipinski definition) is 1. The van der Waals surface area contributed by atoms with Crippen LogP contribution in [0.1, 0.15) is 31.2 Å². The van der Waals surface area contributed by atoms with Crippen molar-refractivity contribution < 1.29 is 9.59 Å². The molecule has 0 spiro atoms. The molecule has 0 radical (unpaired) electrons. The lowest BCUT2D eigenvalue weighted by Gasteiger charge is -2.33. The largest absolute Gasteiger partial charge is 0.352 e. The van der Waals surface area contributed by atoms with Crippen molar-refractivity contribution in [3.8, 4) is 5.69 Å². The van der Waals surface area contributed by atoms with Gasteiger partial charge in [-0.25, -0.2) is 0 Å². The van der Waals surface area contributed by atoms with E-state index in [4.69, 9.17) is 11.6 Å². The van der Waals surface area contributed by atoms with Crippen LogP contribution in [0.2, 0.25) is 5.02 Å². The van der Waals surface area contributed by atoms with E-state index in [1.54, 1.807) is 0 Å². The Kier molecular flexibility index (Phi) is 7.67. The summed E-state index contributed by atoms with van der Waals surface area (Å²) in [6.45, 7) is 2.76. The van der Waals surface area contributed by atoms with Crippen LogP contribution in [-0.4, -0.2) is 56.4 Å². The second-order valence-electron chi connectivity index (χ2n) is 8.04. The number of carbonyl (C=O) groups is 2. The molecule has 1 aliphatic heterocycles. The molecule has 1 aliphatic rings. The van der Waals surface area contributed by atoms with E-state index >= 15 is 0 Å². The predicted molar refractivity (Wildman–Crippen MR) is 130 cm³/mol. The number of halogens is 1. The highest BCUT2D eigenvalue weighted by molar-refractivity contribution is 7.99. The van der Waals surface area contributed by atoms with E-state index < -0.39 is 0 Å². The summed E-state index contributed by atoms with van der Waals surface area (Å²) < 4.78 is 1.98. The molecular weight excluding hydrogens is 458 g/mol. The number of nitrogens with zero attached hydrogens (tertiary/aromatic N) is 4. The molecule has 1 saturated heterocycles. The Labute approximate surface area is 202 Å². The molecule has 172 valence electrons. The number of likely N-dealkylation sites (tertiary alicyclic amines) is 1. The molecule has 2 amide bonds. The fourth-order valence-corrected chi connectivity index (χ4v) is 4.96. The number of thioether (sulfide) groups is 1. The number of nitrogens with one attached hydrogen (secondary N) is 1. The Morgan fingerprint density at radius 1 is 1.12 bits per heavy atom. The molecule has 2 heterocycles. The Balaban J connectivity index is 1.50. The van der Waals surface area contributed by atoms with Crippen molar-refractivity contribution in [1.29, 1.82) is 0 Å². The lowest BCUT2D eigenvalue weighted by Crippen LogP contribution is -2.49. The molecule has 9 heteroatoms. The molecule has 1 unspecified atom stereocenters. The number of hydrogen-bond acceptors (Lipinski definition) is 5. The molecule has 0 aliphatic carbocycles.